The first-order valence-electron chi connectivity index (χ1n) is 10.9. The normalized spacial score (nSPS) is 19.1. The van der Waals surface area contributed by atoms with Crippen LogP contribution in [0, 0.1) is 23.0 Å². The number of halogens is 4. The van der Waals surface area contributed by atoms with Crippen molar-refractivity contribution in [3.63, 3.8) is 0 Å². The molecule has 0 unspecified atom stereocenters. The number of carbonyl (C=O) groups is 1. The zero-order chi connectivity index (χ0) is 25.0. The highest BCUT2D eigenvalue weighted by molar-refractivity contribution is 5.83. The second-order valence-corrected chi connectivity index (χ2v) is 8.25. The number of benzene rings is 1. The van der Waals surface area contributed by atoms with Gasteiger partial charge < -0.3 is 19.5 Å². The van der Waals surface area contributed by atoms with Gasteiger partial charge in [0.05, 0.1) is 12.7 Å². The molecule has 1 amide bonds. The molecule has 1 aromatic carbocycles. The molecule has 0 aliphatic heterocycles. The fourth-order valence-corrected chi connectivity index (χ4v) is 3.94. The van der Waals surface area contributed by atoms with Gasteiger partial charge in [-0.25, -0.2) is 17.6 Å². The van der Waals surface area contributed by atoms with Crippen LogP contribution in [0.3, 0.4) is 0 Å². The average molecular weight is 486 g/mol. The lowest BCUT2D eigenvalue weighted by Gasteiger charge is -2.29. The Morgan fingerprint density at radius 2 is 1.85 bits per heavy atom. The number of alkyl halides is 2. The van der Waals surface area contributed by atoms with Crippen LogP contribution >= 0.6 is 0 Å². The van der Waals surface area contributed by atoms with Crippen LogP contribution in [0.25, 0.3) is 11.0 Å². The zero-order valence-corrected chi connectivity index (χ0v) is 19.0. The minimum atomic E-state index is -2.93. The van der Waals surface area contributed by atoms with E-state index < -0.39 is 41.5 Å². The molecule has 2 aromatic rings. The minimum absolute atomic E-state index is 0.000816. The van der Waals surface area contributed by atoms with Crippen LogP contribution in [-0.2, 0) is 16.6 Å². The SMILES string of the molecule is CC(=O)N[C@@H](C)COC1CCC(Oc2nc3c(F)c(C#N)c(OCC(F)F)c(F)c3n2C)CC1. The van der Waals surface area contributed by atoms with Crippen LogP contribution in [0.5, 0.6) is 11.8 Å². The fraction of sp³-hybridized carbons (Fsp3) is 0.591. The third kappa shape index (κ3) is 5.70. The molecule has 3 rings (SSSR count). The molecule has 12 heteroatoms. The number of imidazole rings is 1. The van der Waals surface area contributed by atoms with E-state index in [9.17, 15) is 23.2 Å². The topological polar surface area (TPSA) is 98.4 Å². The molecular weight excluding hydrogens is 460 g/mol. The summed E-state index contributed by atoms with van der Waals surface area (Å²) in [4.78, 5) is 15.1. The van der Waals surface area contributed by atoms with Gasteiger partial charge in [0.25, 0.3) is 12.4 Å². The van der Waals surface area contributed by atoms with Gasteiger partial charge in [0.2, 0.25) is 5.91 Å². The molecule has 1 heterocycles. The van der Waals surface area contributed by atoms with E-state index in [4.69, 9.17) is 9.47 Å². The highest BCUT2D eigenvalue weighted by Crippen LogP contribution is 2.36. The lowest BCUT2D eigenvalue weighted by Crippen LogP contribution is -2.37. The van der Waals surface area contributed by atoms with Crippen molar-refractivity contribution in [3.8, 4) is 17.8 Å². The number of carbonyl (C=O) groups excluding carboxylic acids is 1. The molecule has 186 valence electrons. The Labute approximate surface area is 193 Å². The first-order chi connectivity index (χ1) is 16.1. The molecule has 1 fully saturated rings. The fourth-order valence-electron chi connectivity index (χ4n) is 3.94. The third-order valence-electron chi connectivity index (χ3n) is 5.51. The number of hydrogen-bond acceptors (Lipinski definition) is 6. The van der Waals surface area contributed by atoms with Gasteiger partial charge in [0, 0.05) is 20.0 Å². The summed E-state index contributed by atoms with van der Waals surface area (Å²) in [5.41, 5.74) is -1.62. The average Bonchev–Trinajstić information content (AvgIpc) is 3.10. The third-order valence-corrected chi connectivity index (χ3v) is 5.51. The molecular formula is C22H26F4N4O4. The molecule has 1 N–H and O–H groups in total. The molecule has 1 atom stereocenters. The number of nitrogens with one attached hydrogen (secondary N) is 1. The molecule has 8 nitrogen and oxygen atoms in total. The first kappa shape index (κ1) is 25.6. The van der Waals surface area contributed by atoms with Gasteiger partial charge in [-0.05, 0) is 32.6 Å². The van der Waals surface area contributed by atoms with Crippen molar-refractivity contribution in [3.05, 3.63) is 17.2 Å². The van der Waals surface area contributed by atoms with E-state index in [0.717, 1.165) is 0 Å². The van der Waals surface area contributed by atoms with Crippen molar-refractivity contribution < 1.29 is 36.6 Å². The van der Waals surface area contributed by atoms with Crippen molar-refractivity contribution in [2.45, 2.75) is 64.2 Å². The minimum Gasteiger partial charge on any atom is -0.483 e. The van der Waals surface area contributed by atoms with Crippen molar-refractivity contribution in [2.75, 3.05) is 13.2 Å². The van der Waals surface area contributed by atoms with Crippen LogP contribution in [0.4, 0.5) is 17.6 Å². The number of amides is 1. The maximum Gasteiger partial charge on any atom is 0.297 e. The Balaban J connectivity index is 1.71. The predicted molar refractivity (Wildman–Crippen MR) is 113 cm³/mol. The summed E-state index contributed by atoms with van der Waals surface area (Å²) in [5.74, 6) is -3.34. The number of rotatable bonds is 9. The van der Waals surface area contributed by atoms with Crippen LogP contribution in [0.1, 0.15) is 45.1 Å². The number of nitrogens with zero attached hydrogens (tertiary/aromatic N) is 3. The van der Waals surface area contributed by atoms with E-state index >= 15 is 4.39 Å². The summed E-state index contributed by atoms with van der Waals surface area (Å²) < 4.78 is 72.5. The van der Waals surface area contributed by atoms with E-state index in [2.05, 4.69) is 15.0 Å². The van der Waals surface area contributed by atoms with Gasteiger partial charge in [-0.3, -0.25) is 9.36 Å². The smallest absolute Gasteiger partial charge is 0.297 e. The molecule has 0 bridgehead atoms. The summed E-state index contributed by atoms with van der Waals surface area (Å²) in [7, 11) is 1.40. The van der Waals surface area contributed by atoms with E-state index in [1.54, 1.807) is 0 Å². The lowest BCUT2D eigenvalue weighted by atomic mass is 9.95. The summed E-state index contributed by atoms with van der Waals surface area (Å²) in [6.45, 7) is 2.49. The van der Waals surface area contributed by atoms with Crippen LogP contribution < -0.4 is 14.8 Å². The van der Waals surface area contributed by atoms with Crippen molar-refractivity contribution in [2.24, 2.45) is 7.05 Å². The van der Waals surface area contributed by atoms with E-state index in [-0.39, 0.29) is 35.7 Å². The van der Waals surface area contributed by atoms with Crippen LogP contribution in [0.15, 0.2) is 0 Å². The predicted octanol–water partition coefficient (Wildman–Crippen LogP) is 3.60. The highest BCUT2D eigenvalue weighted by Gasteiger charge is 2.29. The maximum absolute atomic E-state index is 15.0. The second-order valence-electron chi connectivity index (χ2n) is 8.25. The standard InChI is InChI=1S/C22H26F4N4O4/c1-11(28-12(2)31)9-32-13-4-6-14(7-5-13)34-22-29-19-17(25)15(8-27)21(33-10-16(23)24)18(26)20(19)30(22)3/h11,13-14,16H,4-7,9-10H2,1-3H3,(H,28,31)/t11-,13?,14?/m0/s1. The number of hydrogen-bond donors (Lipinski definition) is 1. The summed E-state index contributed by atoms with van der Waals surface area (Å²) in [6, 6.07) is 1.28. The summed E-state index contributed by atoms with van der Waals surface area (Å²) in [5, 5.41) is 12.0. The quantitative estimate of drug-likeness (QED) is 0.544. The second kappa shape index (κ2) is 10.9. The van der Waals surface area contributed by atoms with Crippen molar-refractivity contribution >= 4 is 16.9 Å². The monoisotopic (exact) mass is 486 g/mol. The van der Waals surface area contributed by atoms with Gasteiger partial charge in [-0.1, -0.05) is 0 Å². The number of fused-ring (bicyclic) bond motifs is 1. The molecule has 1 saturated carbocycles. The van der Waals surface area contributed by atoms with E-state index in [1.165, 1.54) is 24.6 Å². The summed E-state index contributed by atoms with van der Waals surface area (Å²) >= 11 is 0. The summed E-state index contributed by atoms with van der Waals surface area (Å²) in [6.07, 6.45) is -0.608. The van der Waals surface area contributed by atoms with Crippen LogP contribution in [-0.4, -0.2) is 53.3 Å². The largest absolute Gasteiger partial charge is 0.483 e. The van der Waals surface area contributed by atoms with Crippen molar-refractivity contribution in [1.82, 2.24) is 14.9 Å². The highest BCUT2D eigenvalue weighted by atomic mass is 19.3. The number of aromatic nitrogens is 2. The van der Waals surface area contributed by atoms with E-state index in [1.807, 2.05) is 6.92 Å². The molecule has 1 aromatic heterocycles. The number of nitriles is 1. The molecule has 34 heavy (non-hydrogen) atoms. The lowest BCUT2D eigenvalue weighted by molar-refractivity contribution is -0.120. The van der Waals surface area contributed by atoms with E-state index in [0.29, 0.717) is 32.3 Å². The van der Waals surface area contributed by atoms with Gasteiger partial charge in [0.1, 0.15) is 35.4 Å². The Bertz CT molecular complexity index is 1080. The number of aryl methyl sites for hydroxylation is 1. The first-order valence-corrected chi connectivity index (χ1v) is 10.9. The Morgan fingerprint density at radius 3 is 2.44 bits per heavy atom. The molecule has 0 saturated heterocycles. The molecule has 1 aliphatic carbocycles. The van der Waals surface area contributed by atoms with Gasteiger partial charge in [0.15, 0.2) is 17.4 Å². The van der Waals surface area contributed by atoms with Gasteiger partial charge >= 0.3 is 0 Å². The van der Waals surface area contributed by atoms with Crippen LogP contribution in [0.2, 0.25) is 0 Å². The molecule has 1 aliphatic rings. The Kier molecular flexibility index (Phi) is 8.19. The van der Waals surface area contributed by atoms with Crippen molar-refractivity contribution in [1.29, 1.82) is 5.26 Å². The number of ether oxygens (including phenoxy) is 3. The Hall–Kier alpha value is -3.07. The van der Waals surface area contributed by atoms with Gasteiger partial charge in [-0.2, -0.15) is 10.2 Å². The molecule has 0 spiro atoms. The van der Waals surface area contributed by atoms with Gasteiger partial charge in [-0.15, -0.1) is 0 Å². The zero-order valence-electron chi connectivity index (χ0n) is 19.0. The Morgan fingerprint density at radius 1 is 1.21 bits per heavy atom. The molecule has 0 radical (unpaired) electrons. The maximum atomic E-state index is 15.0.